The van der Waals surface area contributed by atoms with E-state index in [4.69, 9.17) is 14.2 Å². The number of rotatable bonds is 11. The van der Waals surface area contributed by atoms with E-state index in [0.717, 1.165) is 5.56 Å². The van der Waals surface area contributed by atoms with E-state index in [1.807, 2.05) is 37.3 Å². The van der Waals surface area contributed by atoms with E-state index in [9.17, 15) is 19.1 Å². The Balaban J connectivity index is 1.75. The number of hydrogen-bond donors (Lipinski definition) is 1. The predicted octanol–water partition coefficient (Wildman–Crippen LogP) is 5.26. The molecule has 7 nitrogen and oxygen atoms in total. The number of methoxy groups -OCH3 is 1. The first-order chi connectivity index (χ1) is 18.4. The number of benzene rings is 3. The van der Waals surface area contributed by atoms with Crippen molar-refractivity contribution in [1.82, 2.24) is 4.90 Å². The first-order valence-electron chi connectivity index (χ1n) is 12.4. The summed E-state index contributed by atoms with van der Waals surface area (Å²) < 4.78 is 30.5. The molecule has 198 valence electrons. The van der Waals surface area contributed by atoms with E-state index >= 15 is 0 Å². The van der Waals surface area contributed by atoms with Gasteiger partial charge < -0.3 is 24.2 Å². The number of carbonyl (C=O) groups excluding carboxylic acids is 2. The average molecular weight is 520 g/mol. The van der Waals surface area contributed by atoms with E-state index in [2.05, 4.69) is 0 Å². The monoisotopic (exact) mass is 519 g/mol. The summed E-state index contributed by atoms with van der Waals surface area (Å²) in [5.74, 6) is -1.43. The number of amides is 1. The zero-order valence-corrected chi connectivity index (χ0v) is 21.4. The molecule has 1 fully saturated rings. The van der Waals surface area contributed by atoms with E-state index < -0.39 is 23.5 Å². The molecule has 1 saturated heterocycles. The number of halogens is 1. The summed E-state index contributed by atoms with van der Waals surface area (Å²) in [7, 11) is 1.56. The summed E-state index contributed by atoms with van der Waals surface area (Å²) in [6, 6.07) is 19.1. The highest BCUT2D eigenvalue weighted by molar-refractivity contribution is 6.46. The zero-order valence-electron chi connectivity index (χ0n) is 21.4. The maximum atomic E-state index is 13.5. The summed E-state index contributed by atoms with van der Waals surface area (Å²) in [6.45, 7) is 3.18. The molecule has 1 unspecified atom stereocenters. The maximum Gasteiger partial charge on any atom is 0.295 e. The molecular formula is C30H30FNO6. The van der Waals surface area contributed by atoms with Gasteiger partial charge in [-0.2, -0.15) is 0 Å². The van der Waals surface area contributed by atoms with Crippen LogP contribution in [0.5, 0.6) is 11.5 Å². The molecule has 0 radical (unpaired) electrons. The van der Waals surface area contributed by atoms with Gasteiger partial charge in [0.1, 0.15) is 18.2 Å². The topological polar surface area (TPSA) is 85.3 Å². The number of Topliss-reactive ketones (excluding diaryl/α,β-unsaturated/α-hetero) is 1. The van der Waals surface area contributed by atoms with Gasteiger partial charge in [0.05, 0.1) is 18.2 Å². The standard InChI is InChI=1S/C30H30FNO6/c1-3-37-25-18-22(12-15-24(25)38-19-20-8-5-4-6-9-20)27-26(28(33)21-10-13-23(31)14-11-21)29(34)30(35)32(27)16-7-17-36-2/h4-6,8-15,18,27,33H,3,7,16-17,19H2,1-2H3/b28-26+. The second-order valence-electron chi connectivity index (χ2n) is 8.76. The average Bonchev–Trinajstić information content (AvgIpc) is 3.18. The number of aliphatic hydroxyl groups excluding tert-OH is 1. The molecule has 0 aromatic heterocycles. The molecule has 3 aromatic rings. The van der Waals surface area contributed by atoms with Gasteiger partial charge in [-0.25, -0.2) is 4.39 Å². The first-order valence-corrected chi connectivity index (χ1v) is 12.4. The fourth-order valence-corrected chi connectivity index (χ4v) is 4.42. The number of ketones is 1. The lowest BCUT2D eigenvalue weighted by Crippen LogP contribution is -2.31. The van der Waals surface area contributed by atoms with Crippen molar-refractivity contribution in [2.75, 3.05) is 26.9 Å². The highest BCUT2D eigenvalue weighted by Gasteiger charge is 2.46. The Hall–Kier alpha value is -4.17. The molecule has 0 aliphatic carbocycles. The lowest BCUT2D eigenvalue weighted by Gasteiger charge is -2.26. The molecule has 0 bridgehead atoms. The molecular weight excluding hydrogens is 489 g/mol. The van der Waals surface area contributed by atoms with Crippen molar-refractivity contribution in [2.24, 2.45) is 0 Å². The molecule has 3 aromatic carbocycles. The fourth-order valence-electron chi connectivity index (χ4n) is 4.42. The summed E-state index contributed by atoms with van der Waals surface area (Å²) in [4.78, 5) is 27.7. The first kappa shape index (κ1) is 26.9. The lowest BCUT2D eigenvalue weighted by molar-refractivity contribution is -0.140. The van der Waals surface area contributed by atoms with Crippen LogP contribution in [0.1, 0.15) is 36.1 Å². The van der Waals surface area contributed by atoms with Gasteiger partial charge in [-0.05, 0) is 60.9 Å². The maximum absolute atomic E-state index is 13.5. The van der Waals surface area contributed by atoms with Gasteiger partial charge in [-0.3, -0.25) is 9.59 Å². The van der Waals surface area contributed by atoms with Crippen LogP contribution < -0.4 is 9.47 Å². The molecule has 1 aliphatic heterocycles. The second-order valence-corrected chi connectivity index (χ2v) is 8.76. The van der Waals surface area contributed by atoms with Crippen LogP contribution in [0, 0.1) is 5.82 Å². The van der Waals surface area contributed by atoms with Gasteiger partial charge in [0.2, 0.25) is 0 Å². The highest BCUT2D eigenvalue weighted by atomic mass is 19.1. The fraction of sp³-hybridized carbons (Fsp3) is 0.267. The summed E-state index contributed by atoms with van der Waals surface area (Å²) >= 11 is 0. The Labute approximate surface area is 221 Å². The van der Waals surface area contributed by atoms with Crippen LogP contribution in [0.25, 0.3) is 5.76 Å². The number of carbonyl (C=O) groups is 2. The minimum atomic E-state index is -0.876. The van der Waals surface area contributed by atoms with Gasteiger partial charge in [-0.1, -0.05) is 36.4 Å². The molecule has 4 rings (SSSR count). The van der Waals surface area contributed by atoms with Gasteiger partial charge in [-0.15, -0.1) is 0 Å². The van der Waals surface area contributed by atoms with Crippen LogP contribution in [0.4, 0.5) is 4.39 Å². The van der Waals surface area contributed by atoms with Crippen molar-refractivity contribution in [3.05, 3.63) is 101 Å². The Morgan fingerprint density at radius 3 is 2.39 bits per heavy atom. The van der Waals surface area contributed by atoms with E-state index in [1.165, 1.54) is 29.2 Å². The Morgan fingerprint density at radius 2 is 1.71 bits per heavy atom. The molecule has 1 atom stereocenters. The Morgan fingerprint density at radius 1 is 0.974 bits per heavy atom. The van der Waals surface area contributed by atoms with Crippen LogP contribution in [-0.4, -0.2) is 48.6 Å². The number of nitrogens with zero attached hydrogens (tertiary/aromatic N) is 1. The highest BCUT2D eigenvalue weighted by Crippen LogP contribution is 2.42. The molecule has 1 N–H and O–H groups in total. The number of ether oxygens (including phenoxy) is 3. The summed E-state index contributed by atoms with van der Waals surface area (Å²) in [6.07, 6.45) is 0.493. The normalized spacial score (nSPS) is 16.6. The van der Waals surface area contributed by atoms with Crippen LogP contribution in [0.15, 0.2) is 78.4 Å². The van der Waals surface area contributed by atoms with Crippen LogP contribution in [-0.2, 0) is 20.9 Å². The SMILES string of the molecule is CCOc1cc(C2/C(=C(\O)c3ccc(F)cc3)C(=O)C(=O)N2CCCOC)ccc1OCc1ccccc1. The predicted molar refractivity (Wildman–Crippen MR) is 140 cm³/mol. The minimum Gasteiger partial charge on any atom is -0.507 e. The number of hydrogen-bond acceptors (Lipinski definition) is 6. The minimum absolute atomic E-state index is 0.0700. The molecule has 38 heavy (non-hydrogen) atoms. The molecule has 8 heteroatoms. The van der Waals surface area contributed by atoms with Gasteiger partial charge in [0, 0.05) is 25.8 Å². The lowest BCUT2D eigenvalue weighted by atomic mass is 9.95. The third-order valence-electron chi connectivity index (χ3n) is 6.23. The van der Waals surface area contributed by atoms with Crippen molar-refractivity contribution in [1.29, 1.82) is 0 Å². The van der Waals surface area contributed by atoms with Crippen molar-refractivity contribution in [3.8, 4) is 11.5 Å². The van der Waals surface area contributed by atoms with Gasteiger partial charge in [0.25, 0.3) is 11.7 Å². The molecule has 1 aliphatic rings. The van der Waals surface area contributed by atoms with E-state index in [0.29, 0.717) is 43.3 Å². The molecule has 0 saturated carbocycles. The Kier molecular flexibility index (Phi) is 8.76. The van der Waals surface area contributed by atoms with E-state index in [1.54, 1.807) is 25.3 Å². The third-order valence-corrected chi connectivity index (χ3v) is 6.23. The van der Waals surface area contributed by atoms with Crippen LogP contribution in [0.3, 0.4) is 0 Å². The molecule has 0 spiro atoms. The summed E-state index contributed by atoms with van der Waals surface area (Å²) in [5.41, 5.74) is 1.73. The molecule has 1 heterocycles. The number of likely N-dealkylation sites (tertiary alicyclic amines) is 1. The quantitative estimate of drug-likeness (QED) is 0.161. The zero-order chi connectivity index (χ0) is 27.1. The van der Waals surface area contributed by atoms with Gasteiger partial charge in [0.15, 0.2) is 11.5 Å². The van der Waals surface area contributed by atoms with Crippen molar-refractivity contribution in [3.63, 3.8) is 0 Å². The smallest absolute Gasteiger partial charge is 0.295 e. The van der Waals surface area contributed by atoms with Crippen LogP contribution in [0.2, 0.25) is 0 Å². The summed E-state index contributed by atoms with van der Waals surface area (Å²) in [5, 5.41) is 11.1. The van der Waals surface area contributed by atoms with Gasteiger partial charge >= 0.3 is 0 Å². The largest absolute Gasteiger partial charge is 0.507 e. The van der Waals surface area contributed by atoms with E-state index in [-0.39, 0.29) is 23.4 Å². The van der Waals surface area contributed by atoms with Crippen LogP contribution >= 0.6 is 0 Å². The third kappa shape index (κ3) is 5.86. The van der Waals surface area contributed by atoms with Crippen molar-refractivity contribution >= 4 is 17.4 Å². The van der Waals surface area contributed by atoms with Crippen molar-refractivity contribution in [2.45, 2.75) is 26.0 Å². The Bertz CT molecular complexity index is 1310. The number of aliphatic hydroxyl groups is 1. The molecule has 1 amide bonds. The van der Waals surface area contributed by atoms with Crippen molar-refractivity contribution < 1.29 is 33.3 Å². The second kappa shape index (κ2) is 12.4.